The first-order valence-electron chi connectivity index (χ1n) is 7.28. The number of hydrogen-bond donors (Lipinski definition) is 0. The lowest BCUT2D eigenvalue weighted by atomic mass is 10.2. The molecule has 0 spiro atoms. The predicted molar refractivity (Wildman–Crippen MR) is 97.1 cm³/mol. The molecule has 4 nitrogen and oxygen atoms in total. The van der Waals surface area contributed by atoms with Gasteiger partial charge in [0.05, 0.1) is 18.7 Å². The predicted octanol–water partition coefficient (Wildman–Crippen LogP) is 4.65. The molecule has 2 aromatic heterocycles. The van der Waals surface area contributed by atoms with Gasteiger partial charge in [-0.05, 0) is 41.8 Å². The summed E-state index contributed by atoms with van der Waals surface area (Å²) in [6, 6.07) is 14.5. The van der Waals surface area contributed by atoms with Crippen molar-refractivity contribution in [1.29, 1.82) is 0 Å². The highest BCUT2D eigenvalue weighted by atomic mass is 35.5. The van der Waals surface area contributed by atoms with E-state index in [1.54, 1.807) is 47.7 Å². The Bertz CT molecular complexity index is 822. The molecule has 0 aliphatic heterocycles. The Morgan fingerprint density at radius 1 is 1.25 bits per heavy atom. The van der Waals surface area contributed by atoms with Gasteiger partial charge in [0.25, 0.3) is 5.91 Å². The van der Waals surface area contributed by atoms with E-state index in [0.29, 0.717) is 28.7 Å². The van der Waals surface area contributed by atoms with Crippen molar-refractivity contribution in [3.8, 4) is 5.75 Å². The van der Waals surface area contributed by atoms with E-state index in [1.165, 1.54) is 0 Å². The van der Waals surface area contributed by atoms with Crippen molar-refractivity contribution in [2.75, 3.05) is 12.0 Å². The summed E-state index contributed by atoms with van der Waals surface area (Å²) in [5.41, 5.74) is 0.489. The molecule has 1 aromatic carbocycles. The lowest BCUT2D eigenvalue weighted by Gasteiger charge is -2.21. The molecule has 0 N–H and O–H groups in total. The van der Waals surface area contributed by atoms with Crippen LogP contribution in [0.4, 0.5) is 5.82 Å². The number of anilines is 1. The number of rotatable bonds is 5. The number of carbonyl (C=O) groups is 1. The summed E-state index contributed by atoms with van der Waals surface area (Å²) in [5.74, 6) is 0.977. The molecule has 0 unspecified atom stereocenters. The van der Waals surface area contributed by atoms with Crippen molar-refractivity contribution in [3.05, 3.63) is 75.6 Å². The van der Waals surface area contributed by atoms with Crippen molar-refractivity contribution in [1.82, 2.24) is 4.98 Å². The van der Waals surface area contributed by atoms with Crippen LogP contribution in [-0.4, -0.2) is 18.0 Å². The molecule has 0 radical (unpaired) electrons. The van der Waals surface area contributed by atoms with Crippen molar-refractivity contribution in [2.24, 2.45) is 0 Å². The number of ether oxygens (including phenoxy) is 1. The fourth-order valence-electron chi connectivity index (χ4n) is 2.28. The molecule has 0 aliphatic rings. The number of methoxy groups -OCH3 is 1. The number of nitrogens with zero attached hydrogens (tertiary/aromatic N) is 2. The van der Waals surface area contributed by atoms with Crippen LogP contribution in [0.1, 0.15) is 15.2 Å². The first-order valence-corrected chi connectivity index (χ1v) is 8.53. The number of aromatic nitrogens is 1. The minimum absolute atomic E-state index is 0.161. The van der Waals surface area contributed by atoms with Gasteiger partial charge in [0.2, 0.25) is 0 Å². The average molecular weight is 359 g/mol. The van der Waals surface area contributed by atoms with E-state index in [1.807, 2.05) is 35.7 Å². The summed E-state index contributed by atoms with van der Waals surface area (Å²) in [4.78, 5) is 20.0. The fraction of sp³-hybridized carbons (Fsp3) is 0.111. The van der Waals surface area contributed by atoms with Crippen molar-refractivity contribution in [2.45, 2.75) is 6.54 Å². The molecule has 0 atom stereocenters. The van der Waals surface area contributed by atoms with Crippen LogP contribution in [0.3, 0.4) is 0 Å². The molecule has 1 amide bonds. The highest BCUT2D eigenvalue weighted by Gasteiger charge is 2.20. The zero-order valence-corrected chi connectivity index (χ0v) is 14.6. The lowest BCUT2D eigenvalue weighted by molar-refractivity contribution is 0.0984. The summed E-state index contributed by atoms with van der Waals surface area (Å²) in [6.07, 6.45) is 1.67. The van der Waals surface area contributed by atoms with Gasteiger partial charge < -0.3 is 4.74 Å². The molecule has 0 saturated heterocycles. The van der Waals surface area contributed by atoms with Crippen molar-refractivity contribution < 1.29 is 9.53 Å². The van der Waals surface area contributed by atoms with E-state index in [2.05, 4.69) is 4.98 Å². The summed E-state index contributed by atoms with van der Waals surface area (Å²) in [5, 5.41) is 2.39. The molecule has 24 heavy (non-hydrogen) atoms. The third-order valence-corrected chi connectivity index (χ3v) is 4.62. The molecule has 0 saturated carbocycles. The van der Waals surface area contributed by atoms with Gasteiger partial charge in [-0.15, -0.1) is 11.3 Å². The van der Waals surface area contributed by atoms with E-state index >= 15 is 0 Å². The van der Waals surface area contributed by atoms with Gasteiger partial charge in [0.1, 0.15) is 11.6 Å². The highest BCUT2D eigenvalue weighted by molar-refractivity contribution is 7.09. The Kier molecular flexibility index (Phi) is 5.13. The van der Waals surface area contributed by atoms with Gasteiger partial charge >= 0.3 is 0 Å². The summed E-state index contributed by atoms with van der Waals surface area (Å²) in [7, 11) is 1.54. The molecular weight excluding hydrogens is 344 g/mol. The maximum atomic E-state index is 13.0. The molecule has 6 heteroatoms. The smallest absolute Gasteiger partial charge is 0.259 e. The monoisotopic (exact) mass is 358 g/mol. The van der Waals surface area contributed by atoms with E-state index in [4.69, 9.17) is 16.3 Å². The van der Waals surface area contributed by atoms with Crippen LogP contribution >= 0.6 is 22.9 Å². The SMILES string of the molecule is COc1ccc(C(=O)N(Cc2cccs2)c2ccccn2)cc1Cl. The molecule has 2 heterocycles. The topological polar surface area (TPSA) is 42.4 Å². The Balaban J connectivity index is 1.95. The quantitative estimate of drug-likeness (QED) is 0.666. The second-order valence-corrected chi connectivity index (χ2v) is 6.45. The minimum Gasteiger partial charge on any atom is -0.495 e. The number of thiophene rings is 1. The summed E-state index contributed by atoms with van der Waals surface area (Å²) < 4.78 is 5.14. The normalized spacial score (nSPS) is 10.4. The number of amides is 1. The van der Waals surface area contributed by atoms with Gasteiger partial charge in [-0.2, -0.15) is 0 Å². The number of benzene rings is 1. The Labute approximate surface area is 149 Å². The molecular formula is C18H15ClN2O2S. The fourth-order valence-corrected chi connectivity index (χ4v) is 3.23. The van der Waals surface area contributed by atoms with Crippen LogP contribution in [0.15, 0.2) is 60.1 Å². The van der Waals surface area contributed by atoms with Gasteiger partial charge in [-0.1, -0.05) is 23.7 Å². The standard InChI is InChI=1S/C18H15ClN2O2S/c1-23-16-8-7-13(11-15(16)19)18(22)21(12-14-5-4-10-24-14)17-6-2-3-9-20-17/h2-11H,12H2,1H3. The van der Waals surface area contributed by atoms with E-state index < -0.39 is 0 Å². The van der Waals surface area contributed by atoms with Crippen LogP contribution in [0, 0.1) is 0 Å². The average Bonchev–Trinajstić information content (AvgIpc) is 3.13. The first kappa shape index (κ1) is 16.5. The van der Waals surface area contributed by atoms with Gasteiger partial charge in [0.15, 0.2) is 0 Å². The summed E-state index contributed by atoms with van der Waals surface area (Å²) in [6.45, 7) is 0.456. The molecule has 3 aromatic rings. The largest absolute Gasteiger partial charge is 0.495 e. The van der Waals surface area contributed by atoms with E-state index in [9.17, 15) is 4.79 Å². The Morgan fingerprint density at radius 2 is 2.12 bits per heavy atom. The van der Waals surface area contributed by atoms with Gasteiger partial charge in [-0.3, -0.25) is 9.69 Å². The van der Waals surface area contributed by atoms with Crippen LogP contribution in [0.25, 0.3) is 0 Å². The third-order valence-electron chi connectivity index (χ3n) is 3.46. The first-order chi connectivity index (χ1) is 11.7. The maximum Gasteiger partial charge on any atom is 0.259 e. The second kappa shape index (κ2) is 7.47. The Hall–Kier alpha value is -2.37. The van der Waals surface area contributed by atoms with E-state index in [-0.39, 0.29) is 5.91 Å². The van der Waals surface area contributed by atoms with Crippen molar-refractivity contribution >= 4 is 34.7 Å². The number of halogens is 1. The molecule has 0 bridgehead atoms. The minimum atomic E-state index is -0.161. The molecule has 3 rings (SSSR count). The van der Waals surface area contributed by atoms with Gasteiger partial charge in [-0.25, -0.2) is 4.98 Å². The van der Waals surface area contributed by atoms with E-state index in [0.717, 1.165) is 4.88 Å². The zero-order chi connectivity index (χ0) is 16.9. The van der Waals surface area contributed by atoms with Crippen LogP contribution in [0.5, 0.6) is 5.75 Å². The van der Waals surface area contributed by atoms with Crippen LogP contribution in [-0.2, 0) is 6.54 Å². The number of carbonyl (C=O) groups excluding carboxylic acids is 1. The molecule has 0 fully saturated rings. The number of hydrogen-bond acceptors (Lipinski definition) is 4. The van der Waals surface area contributed by atoms with Crippen molar-refractivity contribution in [3.63, 3.8) is 0 Å². The van der Waals surface area contributed by atoms with Crippen LogP contribution < -0.4 is 9.64 Å². The lowest BCUT2D eigenvalue weighted by Crippen LogP contribution is -2.30. The highest BCUT2D eigenvalue weighted by Crippen LogP contribution is 2.27. The second-order valence-electron chi connectivity index (χ2n) is 5.01. The van der Waals surface area contributed by atoms with Crippen LogP contribution in [0.2, 0.25) is 5.02 Å². The number of pyridine rings is 1. The zero-order valence-electron chi connectivity index (χ0n) is 13.0. The molecule has 0 aliphatic carbocycles. The summed E-state index contributed by atoms with van der Waals surface area (Å²) >= 11 is 7.76. The Morgan fingerprint density at radius 3 is 2.75 bits per heavy atom. The third kappa shape index (κ3) is 3.58. The molecule has 122 valence electrons. The van der Waals surface area contributed by atoms with Gasteiger partial charge in [0, 0.05) is 16.6 Å². The maximum absolute atomic E-state index is 13.0.